The number of thiocarbonyl (C=S) groups is 1. The molecule has 2 rings (SSSR count). The van der Waals surface area contributed by atoms with E-state index in [1.54, 1.807) is 0 Å². The molecule has 0 amide bonds. The Labute approximate surface area is 138 Å². The number of hydrogen-bond donors (Lipinski definition) is 8. The zero-order valence-electron chi connectivity index (χ0n) is 12.1. The standard InChI is InChI=1S/C7H9N3S.C6H12O6/c8-10-7(11)9-6-4-2-1-3-5-6;7-1-2-3(8)4(9)5(10)6(11)12-2/h1-5H,8H2,(H2,9,10,11);2-11H,1H2/t;2-,3-,4+,5-,6?/m.1/s1. The highest BCUT2D eigenvalue weighted by molar-refractivity contribution is 7.80. The van der Waals surface area contributed by atoms with Gasteiger partial charge < -0.3 is 41.0 Å². The Bertz CT molecular complexity index is 475. The van der Waals surface area contributed by atoms with E-state index >= 15 is 0 Å². The number of nitrogens with two attached hydrogens (primary N) is 1. The third-order valence-electron chi connectivity index (χ3n) is 3.03. The van der Waals surface area contributed by atoms with Gasteiger partial charge in [0.15, 0.2) is 11.4 Å². The van der Waals surface area contributed by atoms with Gasteiger partial charge in [0, 0.05) is 5.69 Å². The highest BCUT2D eigenvalue weighted by atomic mass is 32.1. The van der Waals surface area contributed by atoms with E-state index in [0.717, 1.165) is 5.69 Å². The van der Waals surface area contributed by atoms with E-state index in [-0.39, 0.29) is 0 Å². The van der Waals surface area contributed by atoms with Crippen molar-refractivity contribution in [3.05, 3.63) is 30.3 Å². The first-order valence-electron chi connectivity index (χ1n) is 6.72. The fraction of sp³-hybridized carbons (Fsp3) is 0.462. The van der Waals surface area contributed by atoms with Crippen LogP contribution in [0.25, 0.3) is 0 Å². The minimum Gasteiger partial charge on any atom is -0.394 e. The third kappa shape index (κ3) is 5.97. The van der Waals surface area contributed by atoms with Crippen LogP contribution in [-0.4, -0.2) is 68.0 Å². The monoisotopic (exact) mass is 347 g/mol. The molecule has 5 atom stereocenters. The number of aliphatic hydroxyl groups is 5. The maximum absolute atomic E-state index is 9.12. The van der Waals surface area contributed by atoms with E-state index in [4.69, 9.17) is 43.6 Å². The number of ether oxygens (including phenoxy) is 1. The van der Waals surface area contributed by atoms with Crippen LogP contribution >= 0.6 is 12.2 Å². The van der Waals surface area contributed by atoms with Crippen molar-refractivity contribution in [2.45, 2.75) is 30.7 Å². The van der Waals surface area contributed by atoms with Gasteiger partial charge in [0.2, 0.25) is 0 Å². The molecule has 1 aromatic carbocycles. The molecule has 9 nitrogen and oxygen atoms in total. The summed E-state index contributed by atoms with van der Waals surface area (Å²) >= 11 is 4.79. The summed E-state index contributed by atoms with van der Waals surface area (Å²) in [6, 6.07) is 9.58. The summed E-state index contributed by atoms with van der Waals surface area (Å²) in [5.41, 5.74) is 3.26. The number of anilines is 1. The van der Waals surface area contributed by atoms with Crippen LogP contribution in [0.5, 0.6) is 0 Å². The lowest BCUT2D eigenvalue weighted by Gasteiger charge is -2.37. The zero-order chi connectivity index (χ0) is 17.4. The molecule has 0 saturated carbocycles. The van der Waals surface area contributed by atoms with Crippen LogP contribution in [0.3, 0.4) is 0 Å². The van der Waals surface area contributed by atoms with Gasteiger partial charge in [0.05, 0.1) is 6.61 Å². The molecule has 1 heterocycles. The lowest BCUT2D eigenvalue weighted by molar-refractivity contribution is -0.286. The molecule has 0 aliphatic carbocycles. The summed E-state index contributed by atoms with van der Waals surface area (Å²) in [6.45, 7) is -0.526. The summed E-state index contributed by atoms with van der Waals surface area (Å²) in [7, 11) is 0. The molecule has 0 bridgehead atoms. The fourth-order valence-corrected chi connectivity index (χ4v) is 1.89. The third-order valence-corrected chi connectivity index (χ3v) is 3.25. The highest BCUT2D eigenvalue weighted by Gasteiger charge is 2.42. The number of nitrogens with one attached hydrogen (secondary N) is 2. The van der Waals surface area contributed by atoms with Crippen molar-refractivity contribution in [3.8, 4) is 0 Å². The topological polar surface area (TPSA) is 160 Å². The van der Waals surface area contributed by atoms with E-state index in [2.05, 4.69) is 15.5 Å². The molecule has 0 radical (unpaired) electrons. The molecule has 0 spiro atoms. The van der Waals surface area contributed by atoms with Crippen LogP contribution < -0.4 is 16.6 Å². The number of aliphatic hydroxyl groups excluding tert-OH is 5. The van der Waals surface area contributed by atoms with Crippen molar-refractivity contribution in [2.75, 3.05) is 11.9 Å². The molecule has 1 fully saturated rings. The maximum Gasteiger partial charge on any atom is 0.185 e. The van der Waals surface area contributed by atoms with E-state index in [9.17, 15) is 0 Å². The fourth-order valence-electron chi connectivity index (χ4n) is 1.77. The highest BCUT2D eigenvalue weighted by Crippen LogP contribution is 2.18. The van der Waals surface area contributed by atoms with E-state index in [1.807, 2.05) is 30.3 Å². The smallest absolute Gasteiger partial charge is 0.185 e. The Balaban J connectivity index is 0.000000231. The average Bonchev–Trinajstić information content (AvgIpc) is 2.57. The van der Waals surface area contributed by atoms with Crippen molar-refractivity contribution < 1.29 is 30.3 Å². The van der Waals surface area contributed by atoms with Gasteiger partial charge in [-0.25, -0.2) is 5.84 Å². The molecule has 1 saturated heterocycles. The normalized spacial score (nSPS) is 29.9. The predicted molar refractivity (Wildman–Crippen MR) is 86.0 cm³/mol. The van der Waals surface area contributed by atoms with Crippen LogP contribution in [0.1, 0.15) is 0 Å². The number of benzene rings is 1. The van der Waals surface area contributed by atoms with Crippen molar-refractivity contribution in [2.24, 2.45) is 5.84 Å². The molecule has 23 heavy (non-hydrogen) atoms. The van der Waals surface area contributed by atoms with Crippen molar-refractivity contribution in [1.29, 1.82) is 0 Å². The van der Waals surface area contributed by atoms with Crippen LogP contribution in [0.15, 0.2) is 30.3 Å². The first-order chi connectivity index (χ1) is 10.9. The number of hydrogen-bond acceptors (Lipinski definition) is 8. The minimum absolute atomic E-state index is 0.413. The van der Waals surface area contributed by atoms with Gasteiger partial charge in [0.1, 0.15) is 24.4 Å². The second-order valence-electron chi connectivity index (χ2n) is 4.68. The second kappa shape index (κ2) is 9.70. The lowest BCUT2D eigenvalue weighted by atomic mass is 10.00. The molecule has 1 aromatic rings. The van der Waals surface area contributed by atoms with Crippen LogP contribution in [0.4, 0.5) is 5.69 Å². The van der Waals surface area contributed by atoms with E-state index < -0.39 is 37.3 Å². The molecule has 1 unspecified atom stereocenters. The molecule has 1 aliphatic heterocycles. The van der Waals surface area contributed by atoms with Gasteiger partial charge in [-0.05, 0) is 24.4 Å². The van der Waals surface area contributed by atoms with Crippen molar-refractivity contribution >= 4 is 23.0 Å². The SMILES string of the molecule is NNC(=S)Nc1ccccc1.OC[C@H]1OC(O)[C@H](O)[C@@H](O)[C@@H]1O. The Kier molecular flexibility index (Phi) is 8.30. The number of para-hydroxylation sites is 1. The first-order valence-corrected chi connectivity index (χ1v) is 7.12. The molecule has 9 N–H and O–H groups in total. The molecule has 1 aliphatic rings. The Hall–Kier alpha value is -1.37. The van der Waals surface area contributed by atoms with E-state index in [0.29, 0.717) is 5.11 Å². The lowest BCUT2D eigenvalue weighted by Crippen LogP contribution is -2.58. The molecule has 0 aromatic heterocycles. The number of rotatable bonds is 2. The largest absolute Gasteiger partial charge is 0.394 e. The van der Waals surface area contributed by atoms with Crippen LogP contribution in [0.2, 0.25) is 0 Å². The van der Waals surface area contributed by atoms with Gasteiger partial charge >= 0.3 is 0 Å². The predicted octanol–water partition coefficient (Wildman–Crippen LogP) is -2.37. The first kappa shape index (κ1) is 19.7. The van der Waals surface area contributed by atoms with Gasteiger partial charge in [-0.15, -0.1) is 0 Å². The summed E-state index contributed by atoms with van der Waals surface area (Å²) < 4.78 is 4.58. The quantitative estimate of drug-likeness (QED) is 0.165. The summed E-state index contributed by atoms with van der Waals surface area (Å²) in [4.78, 5) is 0. The summed E-state index contributed by atoms with van der Waals surface area (Å²) in [5.74, 6) is 5.07. The van der Waals surface area contributed by atoms with Crippen molar-refractivity contribution in [1.82, 2.24) is 5.43 Å². The molecular weight excluding hydrogens is 326 g/mol. The summed E-state index contributed by atoms with van der Waals surface area (Å²) in [6.07, 6.45) is -7.04. The summed E-state index contributed by atoms with van der Waals surface area (Å²) in [5, 5.41) is 48.0. The number of hydrazine groups is 1. The zero-order valence-corrected chi connectivity index (χ0v) is 12.9. The van der Waals surface area contributed by atoms with Gasteiger partial charge in [-0.2, -0.15) is 0 Å². The van der Waals surface area contributed by atoms with Gasteiger partial charge in [-0.3, -0.25) is 0 Å². The second-order valence-corrected chi connectivity index (χ2v) is 5.09. The maximum atomic E-state index is 9.12. The molecular formula is C13H21N3O6S. The molecule has 10 heteroatoms. The van der Waals surface area contributed by atoms with Gasteiger partial charge in [0.25, 0.3) is 0 Å². The Morgan fingerprint density at radius 2 is 1.70 bits per heavy atom. The van der Waals surface area contributed by atoms with Crippen LogP contribution in [0, 0.1) is 0 Å². The molecule has 130 valence electrons. The van der Waals surface area contributed by atoms with Crippen LogP contribution in [-0.2, 0) is 4.74 Å². The van der Waals surface area contributed by atoms with E-state index in [1.165, 1.54) is 0 Å². The van der Waals surface area contributed by atoms with Gasteiger partial charge in [-0.1, -0.05) is 18.2 Å². The Morgan fingerprint density at radius 1 is 1.09 bits per heavy atom. The van der Waals surface area contributed by atoms with Crippen molar-refractivity contribution in [3.63, 3.8) is 0 Å². The Morgan fingerprint density at radius 3 is 2.22 bits per heavy atom. The minimum atomic E-state index is -1.57. The average molecular weight is 347 g/mol.